The summed E-state index contributed by atoms with van der Waals surface area (Å²) in [5, 5.41) is 5.83. The first-order valence-electron chi connectivity index (χ1n) is 8.87. The lowest BCUT2D eigenvalue weighted by atomic mass is 9.96. The maximum atomic E-state index is 12.3. The molecule has 2 N–H and O–H groups in total. The molecule has 1 unspecified atom stereocenters. The van der Waals surface area contributed by atoms with E-state index in [9.17, 15) is 9.59 Å². The van der Waals surface area contributed by atoms with Gasteiger partial charge in [0.25, 0.3) is 5.91 Å². The number of ether oxygens (including phenoxy) is 1. The fourth-order valence-corrected chi connectivity index (χ4v) is 2.95. The lowest BCUT2D eigenvalue weighted by Crippen LogP contribution is -2.34. The van der Waals surface area contributed by atoms with Gasteiger partial charge in [-0.2, -0.15) is 0 Å². The summed E-state index contributed by atoms with van der Waals surface area (Å²) >= 11 is 3.34. The third-order valence-electron chi connectivity index (χ3n) is 4.20. The molecule has 2 aromatic carbocycles. The monoisotopic (exact) mass is 432 g/mol. The predicted molar refractivity (Wildman–Crippen MR) is 110 cm³/mol. The smallest absolute Gasteiger partial charge is 0.251 e. The predicted octanol–water partition coefficient (Wildman–Crippen LogP) is 4.09. The van der Waals surface area contributed by atoms with Gasteiger partial charge in [0.2, 0.25) is 5.91 Å². The van der Waals surface area contributed by atoms with Gasteiger partial charge in [-0.3, -0.25) is 9.59 Å². The molecular weight excluding hydrogens is 408 g/mol. The largest absolute Gasteiger partial charge is 0.497 e. The minimum atomic E-state index is -0.189. The van der Waals surface area contributed by atoms with Gasteiger partial charge in [0.05, 0.1) is 13.2 Å². The minimum Gasteiger partial charge on any atom is -0.497 e. The van der Waals surface area contributed by atoms with Crippen LogP contribution >= 0.6 is 15.9 Å². The van der Waals surface area contributed by atoms with Crippen LogP contribution in [0, 0.1) is 5.92 Å². The molecule has 0 bridgehead atoms. The number of carbonyl (C=O) groups excluding carboxylic acids is 2. The fourth-order valence-electron chi connectivity index (χ4n) is 2.68. The molecule has 0 fully saturated rings. The maximum Gasteiger partial charge on any atom is 0.251 e. The van der Waals surface area contributed by atoms with Crippen LogP contribution in [0.25, 0.3) is 0 Å². The molecular formula is C21H25BrN2O3. The quantitative estimate of drug-likeness (QED) is 0.659. The molecule has 6 heteroatoms. The summed E-state index contributed by atoms with van der Waals surface area (Å²) in [5.41, 5.74) is 1.59. The molecule has 0 saturated heterocycles. The van der Waals surface area contributed by atoms with Gasteiger partial charge >= 0.3 is 0 Å². The summed E-state index contributed by atoms with van der Waals surface area (Å²) in [5.74, 6) is 0.731. The van der Waals surface area contributed by atoms with Crippen molar-refractivity contribution in [1.82, 2.24) is 10.6 Å². The SMILES string of the molecule is COc1ccc(C(NC(=O)CCNC(=O)c2ccc(Br)cc2)C(C)C)cc1. The first-order valence-corrected chi connectivity index (χ1v) is 9.67. The summed E-state index contributed by atoms with van der Waals surface area (Å²) in [4.78, 5) is 24.4. The Hall–Kier alpha value is -2.34. The van der Waals surface area contributed by atoms with Crippen molar-refractivity contribution in [2.45, 2.75) is 26.3 Å². The van der Waals surface area contributed by atoms with Crippen LogP contribution in [0.1, 0.15) is 42.2 Å². The van der Waals surface area contributed by atoms with E-state index in [1.165, 1.54) is 0 Å². The highest BCUT2D eigenvalue weighted by molar-refractivity contribution is 9.10. The van der Waals surface area contributed by atoms with Gasteiger partial charge < -0.3 is 15.4 Å². The van der Waals surface area contributed by atoms with E-state index in [0.29, 0.717) is 5.56 Å². The van der Waals surface area contributed by atoms with Crippen LogP contribution in [0.3, 0.4) is 0 Å². The normalized spacial score (nSPS) is 11.7. The Kier molecular flexibility index (Phi) is 7.85. The Labute approximate surface area is 168 Å². The van der Waals surface area contributed by atoms with E-state index in [1.807, 2.05) is 36.4 Å². The van der Waals surface area contributed by atoms with Crippen LogP contribution in [0.5, 0.6) is 5.75 Å². The van der Waals surface area contributed by atoms with Crippen molar-refractivity contribution in [3.05, 3.63) is 64.1 Å². The topological polar surface area (TPSA) is 67.4 Å². The number of hydrogen-bond acceptors (Lipinski definition) is 3. The molecule has 2 amide bonds. The van der Waals surface area contributed by atoms with E-state index in [2.05, 4.69) is 40.4 Å². The van der Waals surface area contributed by atoms with Crippen LogP contribution < -0.4 is 15.4 Å². The number of carbonyl (C=O) groups is 2. The van der Waals surface area contributed by atoms with Gasteiger partial charge in [-0.05, 0) is 47.9 Å². The lowest BCUT2D eigenvalue weighted by molar-refractivity contribution is -0.122. The second kappa shape index (κ2) is 10.1. The molecule has 2 rings (SSSR count). The average molecular weight is 433 g/mol. The van der Waals surface area contributed by atoms with Crippen molar-refractivity contribution >= 4 is 27.7 Å². The fraction of sp³-hybridized carbons (Fsp3) is 0.333. The van der Waals surface area contributed by atoms with Crippen molar-refractivity contribution in [3.63, 3.8) is 0 Å². The highest BCUT2D eigenvalue weighted by Gasteiger charge is 2.18. The molecule has 0 aliphatic rings. The standard InChI is InChI=1S/C21H25BrN2O3/c1-14(2)20(15-6-10-18(27-3)11-7-15)24-19(25)12-13-23-21(26)16-4-8-17(22)9-5-16/h4-11,14,20H,12-13H2,1-3H3,(H,23,26)(H,24,25). The van der Waals surface area contributed by atoms with Gasteiger partial charge in [-0.1, -0.05) is 41.9 Å². The Morgan fingerprint density at radius 1 is 1.04 bits per heavy atom. The Morgan fingerprint density at radius 3 is 2.22 bits per heavy atom. The number of amides is 2. The molecule has 0 aromatic heterocycles. The van der Waals surface area contributed by atoms with E-state index >= 15 is 0 Å². The van der Waals surface area contributed by atoms with E-state index in [4.69, 9.17) is 4.74 Å². The molecule has 5 nitrogen and oxygen atoms in total. The van der Waals surface area contributed by atoms with Gasteiger partial charge in [0.1, 0.15) is 5.75 Å². The van der Waals surface area contributed by atoms with Crippen LogP contribution in [-0.2, 0) is 4.79 Å². The highest BCUT2D eigenvalue weighted by atomic mass is 79.9. The van der Waals surface area contributed by atoms with E-state index in [0.717, 1.165) is 15.8 Å². The van der Waals surface area contributed by atoms with Crippen LogP contribution in [0.4, 0.5) is 0 Å². The van der Waals surface area contributed by atoms with Gasteiger partial charge in [-0.15, -0.1) is 0 Å². The van der Waals surface area contributed by atoms with E-state index in [1.54, 1.807) is 19.2 Å². The molecule has 0 aliphatic heterocycles. The average Bonchev–Trinajstić information content (AvgIpc) is 2.66. The molecule has 1 atom stereocenters. The van der Waals surface area contributed by atoms with Crippen molar-refractivity contribution in [2.75, 3.05) is 13.7 Å². The van der Waals surface area contributed by atoms with Crippen LogP contribution in [0.2, 0.25) is 0 Å². The number of methoxy groups -OCH3 is 1. The number of halogens is 1. The number of rotatable bonds is 8. The Morgan fingerprint density at radius 2 is 1.67 bits per heavy atom. The first kappa shape index (κ1) is 21.0. The molecule has 0 radical (unpaired) electrons. The van der Waals surface area contributed by atoms with Crippen molar-refractivity contribution in [2.24, 2.45) is 5.92 Å². The number of benzene rings is 2. The first-order chi connectivity index (χ1) is 12.9. The van der Waals surface area contributed by atoms with E-state index in [-0.39, 0.29) is 36.7 Å². The number of hydrogen-bond donors (Lipinski definition) is 2. The summed E-state index contributed by atoms with van der Waals surface area (Å²) < 4.78 is 6.09. The summed E-state index contributed by atoms with van der Waals surface area (Å²) in [7, 11) is 1.62. The third kappa shape index (κ3) is 6.40. The zero-order valence-corrected chi connectivity index (χ0v) is 17.4. The van der Waals surface area contributed by atoms with Crippen molar-refractivity contribution in [3.8, 4) is 5.75 Å². The van der Waals surface area contributed by atoms with Crippen molar-refractivity contribution < 1.29 is 14.3 Å². The van der Waals surface area contributed by atoms with Crippen LogP contribution in [-0.4, -0.2) is 25.5 Å². The molecule has 0 heterocycles. The molecule has 0 spiro atoms. The lowest BCUT2D eigenvalue weighted by Gasteiger charge is -2.23. The minimum absolute atomic E-state index is 0.0921. The third-order valence-corrected chi connectivity index (χ3v) is 4.73. The van der Waals surface area contributed by atoms with Gasteiger partial charge in [-0.25, -0.2) is 0 Å². The number of nitrogens with one attached hydrogen (secondary N) is 2. The maximum absolute atomic E-state index is 12.3. The molecule has 0 saturated carbocycles. The summed E-state index contributed by atoms with van der Waals surface area (Å²) in [6, 6.07) is 14.7. The molecule has 0 aliphatic carbocycles. The highest BCUT2D eigenvalue weighted by Crippen LogP contribution is 2.24. The summed E-state index contributed by atoms with van der Waals surface area (Å²) in [6.45, 7) is 4.41. The Bertz CT molecular complexity index is 758. The molecule has 27 heavy (non-hydrogen) atoms. The summed E-state index contributed by atoms with van der Waals surface area (Å²) in [6.07, 6.45) is 0.224. The van der Waals surface area contributed by atoms with Gasteiger partial charge in [0.15, 0.2) is 0 Å². The second-order valence-electron chi connectivity index (χ2n) is 6.58. The van der Waals surface area contributed by atoms with Crippen LogP contribution in [0.15, 0.2) is 53.0 Å². The second-order valence-corrected chi connectivity index (χ2v) is 7.49. The zero-order chi connectivity index (χ0) is 19.8. The van der Waals surface area contributed by atoms with E-state index < -0.39 is 0 Å². The van der Waals surface area contributed by atoms with Gasteiger partial charge in [0, 0.05) is 23.0 Å². The van der Waals surface area contributed by atoms with Crippen molar-refractivity contribution in [1.29, 1.82) is 0 Å². The Balaban J connectivity index is 1.86. The zero-order valence-electron chi connectivity index (χ0n) is 15.8. The molecule has 2 aromatic rings. The molecule has 144 valence electrons.